The SMILES string of the molecule is O=C(CCc1ccc(F)c(F)c1)NCc1ccc(CN2CCOCC2)cc1. The first-order chi connectivity index (χ1) is 13.1. The van der Waals surface area contributed by atoms with Crippen LogP contribution in [0.1, 0.15) is 23.1 Å². The Hall–Kier alpha value is -2.31. The fourth-order valence-corrected chi connectivity index (χ4v) is 3.02. The summed E-state index contributed by atoms with van der Waals surface area (Å²) in [5, 5.41) is 2.86. The molecule has 4 nitrogen and oxygen atoms in total. The molecule has 1 saturated heterocycles. The Morgan fingerprint density at radius 3 is 2.33 bits per heavy atom. The number of morpholine rings is 1. The number of carbonyl (C=O) groups is 1. The molecule has 1 amide bonds. The molecular formula is C21H24F2N2O2. The van der Waals surface area contributed by atoms with Gasteiger partial charge in [0.2, 0.25) is 5.91 Å². The molecule has 0 atom stereocenters. The summed E-state index contributed by atoms with van der Waals surface area (Å²) in [6, 6.07) is 11.9. The van der Waals surface area contributed by atoms with E-state index in [2.05, 4.69) is 22.3 Å². The Morgan fingerprint density at radius 1 is 0.963 bits per heavy atom. The quantitative estimate of drug-likeness (QED) is 0.810. The minimum absolute atomic E-state index is 0.114. The van der Waals surface area contributed by atoms with Crippen LogP contribution < -0.4 is 5.32 Å². The van der Waals surface area contributed by atoms with Crippen LogP contribution in [0.4, 0.5) is 8.78 Å². The van der Waals surface area contributed by atoms with Gasteiger partial charge in [0.25, 0.3) is 0 Å². The number of nitrogens with zero attached hydrogens (tertiary/aromatic N) is 1. The standard InChI is InChI=1S/C21H24F2N2O2/c22-19-7-5-16(13-20(19)23)6-8-21(26)24-14-17-1-3-18(4-2-17)15-25-9-11-27-12-10-25/h1-5,7,13H,6,8-12,14-15H2,(H,24,26). The van der Waals surface area contributed by atoms with Gasteiger partial charge in [0.1, 0.15) is 0 Å². The molecule has 1 fully saturated rings. The van der Waals surface area contributed by atoms with Gasteiger partial charge < -0.3 is 10.1 Å². The molecule has 1 heterocycles. The van der Waals surface area contributed by atoms with Crippen LogP contribution in [-0.2, 0) is 29.0 Å². The van der Waals surface area contributed by atoms with Crippen molar-refractivity contribution >= 4 is 5.91 Å². The maximum atomic E-state index is 13.2. The first-order valence-corrected chi connectivity index (χ1v) is 9.19. The molecule has 1 aliphatic heterocycles. The van der Waals surface area contributed by atoms with Gasteiger partial charge in [-0.2, -0.15) is 0 Å². The van der Waals surface area contributed by atoms with E-state index in [1.54, 1.807) is 0 Å². The van der Waals surface area contributed by atoms with Crippen LogP contribution in [-0.4, -0.2) is 37.1 Å². The van der Waals surface area contributed by atoms with Crippen LogP contribution in [0.15, 0.2) is 42.5 Å². The number of hydrogen-bond acceptors (Lipinski definition) is 3. The van der Waals surface area contributed by atoms with E-state index in [1.807, 2.05) is 12.1 Å². The zero-order chi connectivity index (χ0) is 19.1. The highest BCUT2D eigenvalue weighted by molar-refractivity contribution is 5.76. The average molecular weight is 374 g/mol. The monoisotopic (exact) mass is 374 g/mol. The van der Waals surface area contributed by atoms with E-state index in [1.165, 1.54) is 11.6 Å². The van der Waals surface area contributed by atoms with Crippen molar-refractivity contribution in [1.82, 2.24) is 10.2 Å². The predicted molar refractivity (Wildman–Crippen MR) is 99.1 cm³/mol. The van der Waals surface area contributed by atoms with Gasteiger partial charge in [0, 0.05) is 32.6 Å². The van der Waals surface area contributed by atoms with Gasteiger partial charge >= 0.3 is 0 Å². The third kappa shape index (κ3) is 6.12. The second-order valence-corrected chi connectivity index (χ2v) is 6.73. The lowest BCUT2D eigenvalue weighted by Gasteiger charge is -2.26. The fourth-order valence-electron chi connectivity index (χ4n) is 3.02. The van der Waals surface area contributed by atoms with Gasteiger partial charge in [-0.05, 0) is 35.2 Å². The number of hydrogen-bond donors (Lipinski definition) is 1. The molecule has 0 saturated carbocycles. The van der Waals surface area contributed by atoms with E-state index in [4.69, 9.17) is 4.74 Å². The number of rotatable bonds is 7. The van der Waals surface area contributed by atoms with Gasteiger partial charge in [-0.25, -0.2) is 8.78 Å². The van der Waals surface area contributed by atoms with Crippen LogP contribution in [0.25, 0.3) is 0 Å². The Kier molecular flexibility index (Phi) is 6.90. The first kappa shape index (κ1) is 19.5. The van der Waals surface area contributed by atoms with E-state index >= 15 is 0 Å². The van der Waals surface area contributed by atoms with Crippen molar-refractivity contribution in [3.8, 4) is 0 Å². The van der Waals surface area contributed by atoms with Crippen molar-refractivity contribution in [2.24, 2.45) is 0 Å². The highest BCUT2D eigenvalue weighted by Crippen LogP contribution is 2.11. The molecule has 3 rings (SSSR count). The number of carbonyl (C=O) groups excluding carboxylic acids is 1. The van der Waals surface area contributed by atoms with Crippen molar-refractivity contribution in [1.29, 1.82) is 0 Å². The third-order valence-electron chi connectivity index (χ3n) is 4.65. The molecule has 0 aliphatic carbocycles. The van der Waals surface area contributed by atoms with Gasteiger partial charge in [0.15, 0.2) is 11.6 Å². The second-order valence-electron chi connectivity index (χ2n) is 6.73. The summed E-state index contributed by atoms with van der Waals surface area (Å²) >= 11 is 0. The fraction of sp³-hybridized carbons (Fsp3) is 0.381. The number of ether oxygens (including phenoxy) is 1. The molecular weight excluding hydrogens is 350 g/mol. The van der Waals surface area contributed by atoms with E-state index < -0.39 is 11.6 Å². The Balaban J connectivity index is 1.41. The van der Waals surface area contributed by atoms with Gasteiger partial charge in [-0.1, -0.05) is 30.3 Å². The number of halogens is 2. The van der Waals surface area contributed by atoms with E-state index in [-0.39, 0.29) is 12.3 Å². The van der Waals surface area contributed by atoms with Gasteiger partial charge in [-0.3, -0.25) is 9.69 Å². The maximum Gasteiger partial charge on any atom is 0.220 e. The summed E-state index contributed by atoms with van der Waals surface area (Å²) in [6.07, 6.45) is 0.613. The summed E-state index contributed by atoms with van der Waals surface area (Å²) in [6.45, 7) is 4.84. The summed E-state index contributed by atoms with van der Waals surface area (Å²) in [5.74, 6) is -1.87. The zero-order valence-corrected chi connectivity index (χ0v) is 15.2. The summed E-state index contributed by atoms with van der Waals surface area (Å²) in [5.41, 5.74) is 2.88. The van der Waals surface area contributed by atoms with Crippen LogP contribution in [0, 0.1) is 11.6 Å². The smallest absolute Gasteiger partial charge is 0.220 e. The Morgan fingerprint density at radius 2 is 1.63 bits per heavy atom. The number of amides is 1. The highest BCUT2D eigenvalue weighted by Gasteiger charge is 2.10. The molecule has 0 bridgehead atoms. The van der Waals surface area contributed by atoms with Crippen LogP contribution in [0.3, 0.4) is 0 Å². The summed E-state index contributed by atoms with van der Waals surface area (Å²) in [4.78, 5) is 14.3. The van der Waals surface area contributed by atoms with Crippen molar-refractivity contribution in [2.75, 3.05) is 26.3 Å². The number of benzene rings is 2. The van der Waals surface area contributed by atoms with Crippen molar-refractivity contribution < 1.29 is 18.3 Å². The molecule has 2 aromatic carbocycles. The lowest BCUT2D eigenvalue weighted by Crippen LogP contribution is -2.35. The van der Waals surface area contributed by atoms with Gasteiger partial charge in [0.05, 0.1) is 13.2 Å². The summed E-state index contributed by atoms with van der Waals surface area (Å²) in [7, 11) is 0. The summed E-state index contributed by atoms with van der Waals surface area (Å²) < 4.78 is 31.4. The largest absolute Gasteiger partial charge is 0.379 e. The first-order valence-electron chi connectivity index (χ1n) is 9.19. The lowest BCUT2D eigenvalue weighted by atomic mass is 10.1. The van der Waals surface area contributed by atoms with Crippen molar-refractivity contribution in [3.63, 3.8) is 0 Å². The number of nitrogens with one attached hydrogen (secondary N) is 1. The molecule has 27 heavy (non-hydrogen) atoms. The lowest BCUT2D eigenvalue weighted by molar-refractivity contribution is -0.121. The minimum atomic E-state index is -0.884. The molecule has 0 radical (unpaired) electrons. The van der Waals surface area contributed by atoms with Crippen LogP contribution in [0.5, 0.6) is 0 Å². The van der Waals surface area contributed by atoms with E-state index in [0.717, 1.165) is 50.5 Å². The van der Waals surface area contributed by atoms with Crippen molar-refractivity contribution in [2.45, 2.75) is 25.9 Å². The average Bonchev–Trinajstić information content (AvgIpc) is 2.69. The molecule has 6 heteroatoms. The Bertz CT molecular complexity index is 759. The molecule has 0 aromatic heterocycles. The molecule has 144 valence electrons. The van der Waals surface area contributed by atoms with E-state index in [0.29, 0.717) is 18.5 Å². The maximum absolute atomic E-state index is 13.2. The third-order valence-corrected chi connectivity index (χ3v) is 4.65. The van der Waals surface area contributed by atoms with Gasteiger partial charge in [-0.15, -0.1) is 0 Å². The molecule has 0 unspecified atom stereocenters. The molecule has 1 aliphatic rings. The normalized spacial score (nSPS) is 14.9. The molecule has 1 N–H and O–H groups in total. The minimum Gasteiger partial charge on any atom is -0.379 e. The van der Waals surface area contributed by atoms with Crippen LogP contribution in [0.2, 0.25) is 0 Å². The van der Waals surface area contributed by atoms with E-state index in [9.17, 15) is 13.6 Å². The predicted octanol–water partition coefficient (Wildman–Crippen LogP) is 3.05. The Labute approximate surface area is 158 Å². The van der Waals surface area contributed by atoms with Crippen molar-refractivity contribution in [3.05, 3.63) is 70.8 Å². The molecule has 0 spiro atoms. The van der Waals surface area contributed by atoms with Crippen LogP contribution >= 0.6 is 0 Å². The second kappa shape index (κ2) is 9.58. The molecule has 2 aromatic rings. The topological polar surface area (TPSA) is 41.6 Å². The number of aryl methyl sites for hydroxylation is 1. The highest BCUT2D eigenvalue weighted by atomic mass is 19.2. The zero-order valence-electron chi connectivity index (χ0n) is 15.2.